The average molecular weight is 336 g/mol. The molecular weight excluding hydrogens is 312 g/mol. The van der Waals surface area contributed by atoms with Crippen molar-refractivity contribution in [1.29, 1.82) is 0 Å². The van der Waals surface area contributed by atoms with Crippen molar-refractivity contribution in [2.24, 2.45) is 5.92 Å². The van der Waals surface area contributed by atoms with Crippen LogP contribution in [0.1, 0.15) is 27.2 Å². The van der Waals surface area contributed by atoms with E-state index in [9.17, 15) is 9.59 Å². The number of carbonyl (C=O) groups excluding carboxylic acids is 2. The first-order chi connectivity index (χ1) is 10.9. The zero-order chi connectivity index (χ0) is 16.6. The summed E-state index contributed by atoms with van der Waals surface area (Å²) < 4.78 is 0. The van der Waals surface area contributed by atoms with Crippen molar-refractivity contribution in [3.8, 4) is 0 Å². The molecule has 0 radical (unpaired) electrons. The van der Waals surface area contributed by atoms with Crippen LogP contribution in [0.3, 0.4) is 0 Å². The lowest BCUT2D eigenvalue weighted by atomic mass is 10.1. The van der Waals surface area contributed by atoms with Crippen LogP contribution in [0.2, 0.25) is 0 Å². The molecule has 1 aromatic rings. The van der Waals surface area contributed by atoms with Crippen molar-refractivity contribution >= 4 is 28.3 Å². The number of amides is 2. The lowest BCUT2D eigenvalue weighted by Gasteiger charge is -2.36. The molecule has 7 heteroatoms. The van der Waals surface area contributed by atoms with Crippen molar-refractivity contribution in [2.75, 3.05) is 37.6 Å². The van der Waals surface area contributed by atoms with Crippen molar-refractivity contribution in [3.05, 3.63) is 11.6 Å². The van der Waals surface area contributed by atoms with Crippen LogP contribution in [0.25, 0.3) is 0 Å². The Bertz CT molecular complexity index is 573. The maximum Gasteiger partial charge on any atom is 0.228 e. The van der Waals surface area contributed by atoms with Crippen LogP contribution in [0.15, 0.2) is 11.6 Å². The molecule has 0 N–H and O–H groups in total. The fourth-order valence-electron chi connectivity index (χ4n) is 3.27. The summed E-state index contributed by atoms with van der Waals surface area (Å²) in [4.78, 5) is 35.2. The van der Waals surface area contributed by atoms with Gasteiger partial charge in [0.2, 0.25) is 11.8 Å². The predicted octanol–water partition coefficient (Wildman–Crippen LogP) is 1.44. The Morgan fingerprint density at radius 2 is 1.96 bits per heavy atom. The van der Waals surface area contributed by atoms with Crippen LogP contribution < -0.4 is 4.90 Å². The van der Waals surface area contributed by atoms with Crippen LogP contribution in [-0.2, 0) is 9.59 Å². The summed E-state index contributed by atoms with van der Waals surface area (Å²) >= 11 is 1.63. The molecule has 0 spiro atoms. The number of hydrogen-bond donors (Lipinski definition) is 0. The van der Waals surface area contributed by atoms with E-state index in [4.69, 9.17) is 0 Å². The number of likely N-dealkylation sites (tertiary alicyclic amines) is 1. The zero-order valence-electron chi connectivity index (χ0n) is 14.0. The topological polar surface area (TPSA) is 56.8 Å². The molecule has 0 bridgehead atoms. The average Bonchev–Trinajstić information content (AvgIpc) is 3.15. The Morgan fingerprint density at radius 3 is 2.48 bits per heavy atom. The maximum absolute atomic E-state index is 12.7. The fourth-order valence-corrected chi connectivity index (χ4v) is 3.97. The largest absolute Gasteiger partial charge is 0.345 e. The van der Waals surface area contributed by atoms with Crippen molar-refractivity contribution < 1.29 is 9.59 Å². The van der Waals surface area contributed by atoms with E-state index < -0.39 is 0 Å². The first-order valence-electron chi connectivity index (χ1n) is 8.10. The number of hydrogen-bond acceptors (Lipinski definition) is 5. The Balaban J connectivity index is 1.57. The van der Waals surface area contributed by atoms with Gasteiger partial charge in [0, 0.05) is 56.3 Å². The van der Waals surface area contributed by atoms with Gasteiger partial charge in [0.1, 0.15) is 0 Å². The minimum Gasteiger partial charge on any atom is -0.345 e. The normalized spacial score (nSPS) is 22.8. The summed E-state index contributed by atoms with van der Waals surface area (Å²) in [7, 11) is 0. The third-order valence-corrected chi connectivity index (χ3v) is 5.40. The summed E-state index contributed by atoms with van der Waals surface area (Å²) in [5.41, 5.74) is -0.213. The molecule has 1 atom stereocenters. The van der Waals surface area contributed by atoms with Crippen molar-refractivity contribution in [1.82, 2.24) is 14.8 Å². The highest BCUT2D eigenvalue weighted by Crippen LogP contribution is 2.27. The molecule has 2 aliphatic heterocycles. The van der Waals surface area contributed by atoms with E-state index in [1.807, 2.05) is 42.1 Å². The number of anilines is 1. The van der Waals surface area contributed by atoms with E-state index >= 15 is 0 Å². The molecule has 0 aliphatic carbocycles. The van der Waals surface area contributed by atoms with E-state index in [2.05, 4.69) is 9.88 Å². The highest BCUT2D eigenvalue weighted by Gasteiger charge is 2.41. The molecule has 0 aromatic carbocycles. The van der Waals surface area contributed by atoms with Gasteiger partial charge in [-0.1, -0.05) is 0 Å². The first kappa shape index (κ1) is 16.2. The third-order valence-electron chi connectivity index (χ3n) is 4.57. The second-order valence-electron chi connectivity index (χ2n) is 7.20. The van der Waals surface area contributed by atoms with Gasteiger partial charge in [-0.3, -0.25) is 9.59 Å². The first-order valence-corrected chi connectivity index (χ1v) is 8.98. The number of carbonyl (C=O) groups is 2. The minimum absolute atomic E-state index is 0.0947. The number of aromatic nitrogens is 1. The number of rotatable bonds is 2. The summed E-state index contributed by atoms with van der Waals surface area (Å²) in [5.74, 6) is 0.0364. The number of nitrogens with zero attached hydrogens (tertiary/aromatic N) is 4. The SMILES string of the molecule is CC(C)(C)N1C[C@H](C(=O)N2CCN(c3nccs3)CC2)CC1=O. The fraction of sp³-hybridized carbons (Fsp3) is 0.688. The van der Waals surface area contributed by atoms with Gasteiger partial charge < -0.3 is 14.7 Å². The third kappa shape index (κ3) is 3.34. The van der Waals surface area contributed by atoms with E-state index in [-0.39, 0.29) is 23.3 Å². The summed E-state index contributed by atoms with van der Waals surface area (Å²) in [6, 6.07) is 0. The van der Waals surface area contributed by atoms with Gasteiger partial charge in [0.05, 0.1) is 5.92 Å². The lowest BCUT2D eigenvalue weighted by molar-refractivity contribution is -0.136. The number of thiazole rings is 1. The lowest BCUT2D eigenvalue weighted by Crippen LogP contribution is -2.51. The van der Waals surface area contributed by atoms with E-state index in [0.29, 0.717) is 26.1 Å². The summed E-state index contributed by atoms with van der Waals surface area (Å²) in [6.07, 6.45) is 2.16. The standard InChI is InChI=1S/C16H24N4O2S/c1-16(2,3)20-11-12(10-13(20)21)14(22)18-5-7-19(8-6-18)15-17-4-9-23-15/h4,9,12H,5-8,10-11H2,1-3H3/t12-/m1/s1. The van der Waals surface area contributed by atoms with E-state index in [1.54, 1.807) is 11.3 Å². The Labute approximate surface area is 141 Å². The van der Waals surface area contributed by atoms with E-state index in [1.165, 1.54) is 0 Å². The van der Waals surface area contributed by atoms with Gasteiger partial charge in [0.25, 0.3) is 0 Å². The van der Waals surface area contributed by atoms with Crippen LogP contribution in [0.4, 0.5) is 5.13 Å². The van der Waals surface area contributed by atoms with Crippen LogP contribution in [-0.4, -0.2) is 64.9 Å². The molecule has 1 aromatic heterocycles. The molecule has 6 nitrogen and oxygen atoms in total. The molecule has 2 fully saturated rings. The molecule has 23 heavy (non-hydrogen) atoms. The molecule has 3 rings (SSSR count). The second kappa shape index (κ2) is 6.11. The summed E-state index contributed by atoms with van der Waals surface area (Å²) in [6.45, 7) is 9.64. The molecule has 2 aliphatic rings. The summed E-state index contributed by atoms with van der Waals surface area (Å²) in [5, 5.41) is 2.99. The van der Waals surface area contributed by atoms with Gasteiger partial charge in [-0.05, 0) is 20.8 Å². The molecule has 2 saturated heterocycles. The van der Waals surface area contributed by atoms with Gasteiger partial charge >= 0.3 is 0 Å². The molecular formula is C16H24N4O2S. The van der Waals surface area contributed by atoms with Crippen LogP contribution >= 0.6 is 11.3 Å². The monoisotopic (exact) mass is 336 g/mol. The molecule has 2 amide bonds. The molecule has 3 heterocycles. The zero-order valence-corrected chi connectivity index (χ0v) is 14.8. The van der Waals surface area contributed by atoms with Gasteiger partial charge in [-0.15, -0.1) is 11.3 Å². The molecule has 0 unspecified atom stereocenters. The van der Waals surface area contributed by atoms with Crippen molar-refractivity contribution in [2.45, 2.75) is 32.7 Å². The molecule has 0 saturated carbocycles. The van der Waals surface area contributed by atoms with Crippen LogP contribution in [0.5, 0.6) is 0 Å². The molecule has 126 valence electrons. The predicted molar refractivity (Wildman–Crippen MR) is 90.5 cm³/mol. The highest BCUT2D eigenvalue weighted by atomic mass is 32.1. The minimum atomic E-state index is -0.213. The quantitative estimate of drug-likeness (QED) is 0.820. The van der Waals surface area contributed by atoms with Crippen LogP contribution in [0, 0.1) is 5.92 Å². The van der Waals surface area contributed by atoms with Gasteiger partial charge in [-0.25, -0.2) is 4.98 Å². The highest BCUT2D eigenvalue weighted by molar-refractivity contribution is 7.13. The van der Waals surface area contributed by atoms with E-state index in [0.717, 1.165) is 18.2 Å². The Kier molecular flexibility index (Phi) is 4.31. The van der Waals surface area contributed by atoms with Gasteiger partial charge in [0.15, 0.2) is 5.13 Å². The second-order valence-corrected chi connectivity index (χ2v) is 8.08. The van der Waals surface area contributed by atoms with Crippen molar-refractivity contribution in [3.63, 3.8) is 0 Å². The van der Waals surface area contributed by atoms with Gasteiger partial charge in [-0.2, -0.15) is 0 Å². The Morgan fingerprint density at radius 1 is 1.26 bits per heavy atom. The maximum atomic E-state index is 12.7. The smallest absolute Gasteiger partial charge is 0.228 e. The number of piperazine rings is 1. The Hall–Kier alpha value is -1.63.